The van der Waals surface area contributed by atoms with Gasteiger partial charge in [0.05, 0.1) is 22.5 Å². The van der Waals surface area contributed by atoms with E-state index in [1.54, 1.807) is 6.20 Å². The van der Waals surface area contributed by atoms with Gasteiger partial charge in [-0.2, -0.15) is 0 Å². The predicted octanol–water partition coefficient (Wildman–Crippen LogP) is 3.69. The molecule has 3 rings (SSSR count). The smallest absolute Gasteiger partial charge is 0.227 e. The Bertz CT molecular complexity index is 877. The number of hydrogen-bond donors (Lipinski definition) is 1. The predicted molar refractivity (Wildman–Crippen MR) is 115 cm³/mol. The Morgan fingerprint density at radius 3 is 2.45 bits per heavy atom. The van der Waals surface area contributed by atoms with E-state index >= 15 is 0 Å². The van der Waals surface area contributed by atoms with Gasteiger partial charge in [-0.1, -0.05) is 32.1 Å². The highest BCUT2D eigenvalue weighted by Crippen LogP contribution is 2.31. The zero-order valence-electron chi connectivity index (χ0n) is 17.8. The minimum absolute atomic E-state index is 0.137. The quantitative estimate of drug-likeness (QED) is 0.823. The molecule has 1 aliphatic rings. The van der Waals surface area contributed by atoms with E-state index in [9.17, 15) is 9.59 Å². The van der Waals surface area contributed by atoms with Gasteiger partial charge in [-0.25, -0.2) is 4.98 Å². The van der Waals surface area contributed by atoms with Gasteiger partial charge in [0.15, 0.2) is 5.13 Å². The van der Waals surface area contributed by atoms with Crippen LogP contribution in [0.1, 0.15) is 51.9 Å². The third-order valence-corrected chi connectivity index (χ3v) is 6.15. The Morgan fingerprint density at radius 2 is 1.90 bits per heavy atom. The summed E-state index contributed by atoms with van der Waals surface area (Å²) in [5, 5.41) is 3.29. The van der Waals surface area contributed by atoms with Gasteiger partial charge < -0.3 is 10.2 Å². The first-order valence-corrected chi connectivity index (χ1v) is 10.8. The van der Waals surface area contributed by atoms with Crippen molar-refractivity contribution in [1.29, 1.82) is 0 Å². The summed E-state index contributed by atoms with van der Waals surface area (Å²) in [4.78, 5) is 40.1. The van der Waals surface area contributed by atoms with Crippen LogP contribution in [0.5, 0.6) is 0 Å². The molecule has 1 aliphatic heterocycles. The highest BCUT2D eigenvalue weighted by Gasteiger charge is 2.30. The first-order valence-electron chi connectivity index (χ1n) is 9.99. The maximum absolute atomic E-state index is 12.4. The molecule has 29 heavy (non-hydrogen) atoms. The van der Waals surface area contributed by atoms with E-state index < -0.39 is 0 Å². The second-order valence-electron chi connectivity index (χ2n) is 8.70. The SMILES string of the molecule is CC(=O)Nc1nc(C)c(-c2cnc(CC3CCN(C(=O)C(C)(C)C)CC3)cn2)s1. The number of piperidine rings is 1. The van der Waals surface area contributed by atoms with E-state index in [1.165, 1.54) is 18.3 Å². The highest BCUT2D eigenvalue weighted by molar-refractivity contribution is 7.19. The first kappa shape index (κ1) is 21.4. The van der Waals surface area contributed by atoms with Gasteiger partial charge in [0.1, 0.15) is 5.69 Å². The van der Waals surface area contributed by atoms with E-state index in [4.69, 9.17) is 0 Å². The third kappa shape index (κ3) is 5.38. The van der Waals surface area contributed by atoms with Gasteiger partial charge >= 0.3 is 0 Å². The summed E-state index contributed by atoms with van der Waals surface area (Å²) in [5.41, 5.74) is 2.25. The fourth-order valence-electron chi connectivity index (χ4n) is 3.53. The number of anilines is 1. The monoisotopic (exact) mass is 415 g/mol. The van der Waals surface area contributed by atoms with Crippen molar-refractivity contribution in [2.75, 3.05) is 18.4 Å². The molecule has 1 saturated heterocycles. The van der Waals surface area contributed by atoms with Crippen molar-refractivity contribution < 1.29 is 9.59 Å². The van der Waals surface area contributed by atoms with Gasteiger partial charge in [-0.05, 0) is 32.1 Å². The van der Waals surface area contributed by atoms with Gasteiger partial charge in [0.25, 0.3) is 0 Å². The van der Waals surface area contributed by atoms with Crippen LogP contribution in [0.4, 0.5) is 5.13 Å². The Kier molecular flexibility index (Phi) is 6.31. The number of amides is 2. The third-order valence-electron chi connectivity index (χ3n) is 5.06. The van der Waals surface area contributed by atoms with Crippen LogP contribution in [0.25, 0.3) is 10.6 Å². The number of carbonyl (C=O) groups excluding carboxylic acids is 2. The summed E-state index contributed by atoms with van der Waals surface area (Å²) < 4.78 is 0. The largest absolute Gasteiger partial charge is 0.342 e. The number of thiazole rings is 1. The molecule has 0 aliphatic carbocycles. The lowest BCUT2D eigenvalue weighted by Crippen LogP contribution is -2.44. The maximum atomic E-state index is 12.4. The molecule has 8 heteroatoms. The fraction of sp³-hybridized carbons (Fsp3) is 0.571. The lowest BCUT2D eigenvalue weighted by atomic mass is 9.89. The molecular formula is C21H29N5O2S. The summed E-state index contributed by atoms with van der Waals surface area (Å²) in [5.74, 6) is 0.622. The fourth-order valence-corrected chi connectivity index (χ4v) is 4.50. The normalized spacial score (nSPS) is 15.4. The Morgan fingerprint density at radius 1 is 1.21 bits per heavy atom. The standard InChI is InChI=1S/C21H29N5O2S/c1-13-18(29-20(24-13)25-14(2)27)17-12-22-16(11-23-17)10-15-6-8-26(9-7-15)19(28)21(3,4)5/h11-12,15H,6-10H2,1-5H3,(H,24,25,27). The van der Waals surface area contributed by atoms with Crippen molar-refractivity contribution >= 4 is 28.3 Å². The molecule has 7 nitrogen and oxygen atoms in total. The molecule has 0 saturated carbocycles. The summed E-state index contributed by atoms with van der Waals surface area (Å²) >= 11 is 1.40. The lowest BCUT2D eigenvalue weighted by Gasteiger charge is -2.35. The molecule has 156 valence electrons. The minimum atomic E-state index is -0.317. The number of hydrogen-bond acceptors (Lipinski definition) is 6. The molecule has 0 aromatic carbocycles. The van der Waals surface area contributed by atoms with Crippen molar-refractivity contribution in [2.24, 2.45) is 11.3 Å². The van der Waals surface area contributed by atoms with Gasteiger partial charge in [0.2, 0.25) is 11.8 Å². The summed E-state index contributed by atoms with van der Waals surface area (Å²) in [7, 11) is 0. The van der Waals surface area contributed by atoms with Crippen molar-refractivity contribution in [3.05, 3.63) is 23.8 Å². The zero-order valence-corrected chi connectivity index (χ0v) is 18.6. The van der Waals surface area contributed by atoms with Gasteiger partial charge in [-0.15, -0.1) is 0 Å². The molecule has 1 N–H and O–H groups in total. The van der Waals surface area contributed by atoms with E-state index in [0.717, 1.165) is 54.3 Å². The van der Waals surface area contributed by atoms with Crippen molar-refractivity contribution in [2.45, 2.75) is 53.9 Å². The van der Waals surface area contributed by atoms with E-state index in [2.05, 4.69) is 20.3 Å². The van der Waals surface area contributed by atoms with Crippen LogP contribution in [0, 0.1) is 18.3 Å². The van der Waals surface area contributed by atoms with Crippen molar-refractivity contribution in [1.82, 2.24) is 19.9 Å². The topological polar surface area (TPSA) is 88.1 Å². The van der Waals surface area contributed by atoms with E-state index in [0.29, 0.717) is 11.0 Å². The van der Waals surface area contributed by atoms with Crippen LogP contribution in [0.3, 0.4) is 0 Å². The molecule has 2 aromatic heterocycles. The Labute approximate surface area is 176 Å². The van der Waals surface area contributed by atoms with Crippen molar-refractivity contribution in [3.8, 4) is 10.6 Å². The molecule has 0 radical (unpaired) electrons. The zero-order chi connectivity index (χ0) is 21.2. The number of nitrogens with one attached hydrogen (secondary N) is 1. The number of nitrogens with zero attached hydrogens (tertiary/aromatic N) is 4. The molecule has 0 bridgehead atoms. The molecule has 0 atom stereocenters. The van der Waals surface area contributed by atoms with E-state index in [1.807, 2.05) is 38.8 Å². The molecule has 0 unspecified atom stereocenters. The van der Waals surface area contributed by atoms with Crippen LogP contribution >= 0.6 is 11.3 Å². The number of aromatic nitrogens is 3. The second-order valence-corrected chi connectivity index (χ2v) is 9.70. The van der Waals surface area contributed by atoms with Gasteiger partial charge in [0, 0.05) is 31.6 Å². The molecular weight excluding hydrogens is 386 g/mol. The van der Waals surface area contributed by atoms with Crippen LogP contribution in [0.2, 0.25) is 0 Å². The molecule has 3 heterocycles. The number of likely N-dealkylation sites (tertiary alicyclic amines) is 1. The minimum Gasteiger partial charge on any atom is -0.342 e. The average Bonchev–Trinajstić information content (AvgIpc) is 3.01. The van der Waals surface area contributed by atoms with Crippen LogP contribution in [-0.2, 0) is 16.0 Å². The molecule has 1 fully saturated rings. The molecule has 2 amide bonds. The Balaban J connectivity index is 1.59. The highest BCUT2D eigenvalue weighted by atomic mass is 32.1. The van der Waals surface area contributed by atoms with Gasteiger partial charge in [-0.3, -0.25) is 19.6 Å². The summed E-state index contributed by atoms with van der Waals surface area (Å²) in [6.07, 6.45) is 6.49. The summed E-state index contributed by atoms with van der Waals surface area (Å²) in [6.45, 7) is 10.9. The lowest BCUT2D eigenvalue weighted by molar-refractivity contribution is -0.140. The number of rotatable bonds is 4. The number of carbonyl (C=O) groups is 2. The van der Waals surface area contributed by atoms with Crippen LogP contribution in [-0.4, -0.2) is 44.8 Å². The van der Waals surface area contributed by atoms with E-state index in [-0.39, 0.29) is 17.2 Å². The van der Waals surface area contributed by atoms with Crippen molar-refractivity contribution in [3.63, 3.8) is 0 Å². The average molecular weight is 416 g/mol. The Hall–Kier alpha value is -2.35. The van der Waals surface area contributed by atoms with Crippen LogP contribution in [0.15, 0.2) is 12.4 Å². The molecule has 0 spiro atoms. The van der Waals surface area contributed by atoms with Crippen LogP contribution < -0.4 is 5.32 Å². The maximum Gasteiger partial charge on any atom is 0.227 e. The second kappa shape index (κ2) is 8.57. The summed E-state index contributed by atoms with van der Waals surface area (Å²) in [6, 6.07) is 0. The molecule has 2 aromatic rings. The number of aryl methyl sites for hydroxylation is 1. The first-order chi connectivity index (χ1) is 13.6.